The fraction of sp³-hybridized carbons (Fsp3) is 0.429. The first kappa shape index (κ1) is 12.6. The van der Waals surface area contributed by atoms with Crippen LogP contribution in [0.15, 0.2) is 45.8 Å². The maximum atomic E-state index is 5.87. The van der Waals surface area contributed by atoms with Crippen LogP contribution in [-0.4, -0.2) is 22.8 Å². The molecule has 0 saturated carbocycles. The molecule has 0 aromatic heterocycles. The second-order valence-electron chi connectivity index (χ2n) is 4.67. The SMILES string of the molecule is CO[Si](OC)(C1=CC(C)=CC1)C1=CC(C)=CC1. The van der Waals surface area contributed by atoms with Crippen molar-refractivity contribution in [3.63, 3.8) is 0 Å². The molecule has 0 aromatic rings. The molecule has 0 unspecified atom stereocenters. The van der Waals surface area contributed by atoms with E-state index in [1.54, 1.807) is 14.2 Å². The van der Waals surface area contributed by atoms with Crippen molar-refractivity contribution >= 4 is 8.56 Å². The Morgan fingerprint density at radius 3 is 1.53 bits per heavy atom. The molecule has 0 aliphatic heterocycles. The second-order valence-corrected chi connectivity index (χ2v) is 8.00. The molecule has 0 bridgehead atoms. The number of hydrogen-bond donors (Lipinski definition) is 0. The van der Waals surface area contributed by atoms with Gasteiger partial charge in [0, 0.05) is 14.2 Å². The summed E-state index contributed by atoms with van der Waals surface area (Å²) < 4.78 is 11.7. The minimum atomic E-state index is -2.34. The molecule has 0 fully saturated rings. The molecule has 2 aliphatic rings. The van der Waals surface area contributed by atoms with Gasteiger partial charge in [-0.25, -0.2) is 0 Å². The van der Waals surface area contributed by atoms with E-state index in [1.165, 1.54) is 21.5 Å². The van der Waals surface area contributed by atoms with Crippen LogP contribution in [0.2, 0.25) is 0 Å². The summed E-state index contributed by atoms with van der Waals surface area (Å²) in [7, 11) is 1.21. The average Bonchev–Trinajstić information content (AvgIpc) is 2.92. The zero-order valence-electron chi connectivity index (χ0n) is 11.0. The molecule has 2 rings (SSSR count). The van der Waals surface area contributed by atoms with Gasteiger partial charge in [-0.3, -0.25) is 0 Å². The quantitative estimate of drug-likeness (QED) is 0.710. The topological polar surface area (TPSA) is 18.5 Å². The number of hydrogen-bond acceptors (Lipinski definition) is 2. The molecule has 2 aliphatic carbocycles. The smallest absolute Gasteiger partial charge is 0.391 e. The summed E-state index contributed by atoms with van der Waals surface area (Å²) in [4.78, 5) is 0. The molecule has 3 heteroatoms. The summed E-state index contributed by atoms with van der Waals surface area (Å²) in [6.07, 6.45) is 10.9. The lowest BCUT2D eigenvalue weighted by atomic mass is 10.3. The van der Waals surface area contributed by atoms with Crippen LogP contribution in [0.4, 0.5) is 0 Å². The summed E-state index contributed by atoms with van der Waals surface area (Å²) in [6, 6.07) is 0. The highest BCUT2D eigenvalue weighted by atomic mass is 28.4. The minimum Gasteiger partial charge on any atom is -0.391 e. The van der Waals surface area contributed by atoms with Crippen LogP contribution in [0.3, 0.4) is 0 Å². The van der Waals surface area contributed by atoms with Gasteiger partial charge in [0.05, 0.1) is 0 Å². The maximum absolute atomic E-state index is 5.87. The number of allylic oxidation sites excluding steroid dienone is 8. The molecule has 0 aromatic carbocycles. The second kappa shape index (κ2) is 4.76. The van der Waals surface area contributed by atoms with Gasteiger partial charge in [0.25, 0.3) is 0 Å². The molecule has 0 radical (unpaired) electrons. The average molecular weight is 248 g/mol. The predicted octanol–water partition coefficient (Wildman–Crippen LogP) is 3.35. The monoisotopic (exact) mass is 248 g/mol. The first-order valence-corrected chi connectivity index (χ1v) is 7.80. The summed E-state index contributed by atoms with van der Waals surface area (Å²) >= 11 is 0. The van der Waals surface area contributed by atoms with Crippen molar-refractivity contribution in [3.05, 3.63) is 45.8 Å². The lowest BCUT2D eigenvalue weighted by Crippen LogP contribution is -2.44. The molecule has 2 nitrogen and oxygen atoms in total. The summed E-state index contributed by atoms with van der Waals surface area (Å²) in [6.45, 7) is 4.26. The van der Waals surface area contributed by atoms with Gasteiger partial charge in [-0.2, -0.15) is 0 Å². The van der Waals surface area contributed by atoms with Crippen LogP contribution in [0, 0.1) is 0 Å². The van der Waals surface area contributed by atoms with Crippen molar-refractivity contribution < 1.29 is 8.85 Å². The highest BCUT2D eigenvalue weighted by molar-refractivity contribution is 6.82. The fourth-order valence-electron chi connectivity index (χ4n) is 2.60. The fourth-order valence-corrected chi connectivity index (χ4v) is 5.80. The summed E-state index contributed by atoms with van der Waals surface area (Å²) in [5.74, 6) is 0. The van der Waals surface area contributed by atoms with Crippen molar-refractivity contribution in [1.82, 2.24) is 0 Å². The van der Waals surface area contributed by atoms with Gasteiger partial charge in [-0.1, -0.05) is 35.5 Å². The highest BCUT2D eigenvalue weighted by Gasteiger charge is 2.45. The van der Waals surface area contributed by atoms with E-state index in [9.17, 15) is 0 Å². The Bertz CT molecular complexity index is 399. The van der Waals surface area contributed by atoms with E-state index in [0.717, 1.165) is 12.8 Å². The Hall–Kier alpha value is -0.903. The Kier molecular flexibility index (Phi) is 3.52. The zero-order valence-corrected chi connectivity index (χ0v) is 12.0. The van der Waals surface area contributed by atoms with Gasteiger partial charge < -0.3 is 8.85 Å². The van der Waals surface area contributed by atoms with Gasteiger partial charge in [0.15, 0.2) is 0 Å². The van der Waals surface area contributed by atoms with Gasteiger partial charge in [0.1, 0.15) is 0 Å². The van der Waals surface area contributed by atoms with Gasteiger partial charge in [-0.05, 0) is 37.1 Å². The Balaban J connectivity index is 2.34. The third-order valence-electron chi connectivity index (χ3n) is 3.51. The van der Waals surface area contributed by atoms with Gasteiger partial charge in [-0.15, -0.1) is 0 Å². The normalized spacial score (nSPS) is 20.0. The van der Waals surface area contributed by atoms with E-state index >= 15 is 0 Å². The van der Waals surface area contributed by atoms with E-state index in [1.807, 2.05) is 0 Å². The Labute approximate surface area is 105 Å². The molecule has 0 N–H and O–H groups in total. The van der Waals surface area contributed by atoms with Crippen molar-refractivity contribution in [2.24, 2.45) is 0 Å². The molecule has 0 atom stereocenters. The molecular formula is C14H20O2Si. The van der Waals surface area contributed by atoms with Crippen molar-refractivity contribution in [2.45, 2.75) is 26.7 Å². The molecule has 0 amide bonds. The van der Waals surface area contributed by atoms with Crippen LogP contribution < -0.4 is 0 Å². The van der Waals surface area contributed by atoms with Crippen molar-refractivity contribution in [3.8, 4) is 0 Å². The maximum Gasteiger partial charge on any atom is 0.398 e. The predicted molar refractivity (Wildman–Crippen MR) is 72.7 cm³/mol. The molecule has 0 saturated heterocycles. The third-order valence-corrected chi connectivity index (χ3v) is 7.05. The molecular weight excluding hydrogens is 228 g/mol. The highest BCUT2D eigenvalue weighted by Crippen LogP contribution is 2.36. The molecule has 0 spiro atoms. The minimum absolute atomic E-state index is 0.968. The van der Waals surface area contributed by atoms with E-state index in [-0.39, 0.29) is 0 Å². The molecule has 17 heavy (non-hydrogen) atoms. The first-order chi connectivity index (χ1) is 8.12. The lowest BCUT2D eigenvalue weighted by Gasteiger charge is -2.30. The Morgan fingerprint density at radius 2 is 1.29 bits per heavy atom. The van der Waals surface area contributed by atoms with E-state index in [0.29, 0.717) is 0 Å². The van der Waals surface area contributed by atoms with Crippen LogP contribution >= 0.6 is 0 Å². The largest absolute Gasteiger partial charge is 0.398 e. The summed E-state index contributed by atoms with van der Waals surface area (Å²) in [5.41, 5.74) is 2.63. The van der Waals surface area contributed by atoms with Gasteiger partial charge in [0.2, 0.25) is 0 Å². The standard InChI is InChI=1S/C14H20O2Si/c1-11-5-7-13(9-11)17(15-3,16-4)14-8-6-12(2)10-14/h5-6,9-10H,7-8H2,1-4H3. The first-order valence-electron chi connectivity index (χ1n) is 5.98. The Morgan fingerprint density at radius 1 is 0.882 bits per heavy atom. The van der Waals surface area contributed by atoms with E-state index in [2.05, 4.69) is 38.2 Å². The van der Waals surface area contributed by atoms with Gasteiger partial charge >= 0.3 is 8.56 Å². The van der Waals surface area contributed by atoms with Crippen LogP contribution in [-0.2, 0) is 8.85 Å². The van der Waals surface area contributed by atoms with Crippen molar-refractivity contribution in [1.29, 1.82) is 0 Å². The lowest BCUT2D eigenvalue weighted by molar-refractivity contribution is 0.261. The van der Waals surface area contributed by atoms with E-state index < -0.39 is 8.56 Å². The molecule has 0 heterocycles. The van der Waals surface area contributed by atoms with Crippen LogP contribution in [0.25, 0.3) is 0 Å². The summed E-state index contributed by atoms with van der Waals surface area (Å²) in [5, 5.41) is 2.66. The van der Waals surface area contributed by atoms with Crippen LogP contribution in [0.5, 0.6) is 0 Å². The zero-order chi connectivity index (χ0) is 12.5. The van der Waals surface area contributed by atoms with Crippen LogP contribution in [0.1, 0.15) is 26.7 Å². The third kappa shape index (κ3) is 2.10. The van der Waals surface area contributed by atoms with E-state index in [4.69, 9.17) is 8.85 Å². The molecule has 92 valence electrons. The number of rotatable bonds is 4. The van der Waals surface area contributed by atoms with Crippen molar-refractivity contribution in [2.75, 3.05) is 14.2 Å².